The molecule has 2 heteroatoms. The zero-order valence-corrected chi connectivity index (χ0v) is 11.3. The summed E-state index contributed by atoms with van der Waals surface area (Å²) in [6.07, 6.45) is 2.29. The number of hydrogen-bond acceptors (Lipinski definition) is 1. The van der Waals surface area contributed by atoms with Crippen LogP contribution in [0.1, 0.15) is 32.3 Å². The first-order valence-electron chi connectivity index (χ1n) is 6.08. The number of halogens is 1. The molecule has 0 amide bonds. The van der Waals surface area contributed by atoms with Crippen LogP contribution in [0.25, 0.3) is 0 Å². The van der Waals surface area contributed by atoms with E-state index >= 15 is 0 Å². The van der Waals surface area contributed by atoms with Crippen molar-refractivity contribution in [3.63, 3.8) is 0 Å². The maximum Gasteiger partial charge on any atom is 0.134 e. The molecular weight excluding hydrogens is 232 g/mol. The smallest absolute Gasteiger partial charge is 0.134 e. The minimum atomic E-state index is 0.348. The Hall–Kier alpha value is -1.13. The molecule has 0 atom stereocenters. The van der Waals surface area contributed by atoms with Crippen LogP contribution in [0.2, 0.25) is 0 Å². The fourth-order valence-electron chi connectivity index (χ4n) is 1.56. The van der Waals surface area contributed by atoms with Crippen molar-refractivity contribution in [1.29, 1.82) is 0 Å². The normalized spacial score (nSPS) is 9.88. The molecule has 0 unspecified atom stereocenters. The lowest BCUT2D eigenvalue weighted by Gasteiger charge is -2.14. The molecule has 0 saturated carbocycles. The van der Waals surface area contributed by atoms with Gasteiger partial charge >= 0.3 is 0 Å². The van der Waals surface area contributed by atoms with Crippen LogP contribution in [0.15, 0.2) is 24.3 Å². The van der Waals surface area contributed by atoms with E-state index in [4.69, 9.17) is 16.3 Å². The molecule has 0 aliphatic carbocycles. The summed E-state index contributed by atoms with van der Waals surface area (Å²) in [5.41, 5.74) is 0.916. The first-order chi connectivity index (χ1) is 8.31. The van der Waals surface area contributed by atoms with Crippen molar-refractivity contribution in [2.75, 3.05) is 12.5 Å². The van der Waals surface area contributed by atoms with Crippen LogP contribution < -0.4 is 4.74 Å². The van der Waals surface area contributed by atoms with Crippen molar-refractivity contribution in [3.05, 3.63) is 29.8 Å². The molecule has 1 rings (SSSR count). The topological polar surface area (TPSA) is 9.23 Å². The highest BCUT2D eigenvalue weighted by Gasteiger charge is 2.06. The third-order valence-electron chi connectivity index (χ3n) is 2.81. The third kappa shape index (κ3) is 4.71. The number of benzene rings is 1. The summed E-state index contributed by atoms with van der Waals surface area (Å²) >= 11 is 5.56. The zero-order valence-electron chi connectivity index (χ0n) is 10.5. The largest absolute Gasteiger partial charge is 0.492 e. The summed E-state index contributed by atoms with van der Waals surface area (Å²) < 4.78 is 5.83. The fourth-order valence-corrected chi connectivity index (χ4v) is 1.62. The van der Waals surface area contributed by atoms with Crippen molar-refractivity contribution < 1.29 is 4.74 Å². The molecule has 0 aromatic heterocycles. The summed E-state index contributed by atoms with van der Waals surface area (Å²) in [5.74, 6) is 7.69. The second-order valence-corrected chi connectivity index (χ2v) is 4.19. The molecule has 1 nitrogen and oxygen atoms in total. The molecule has 0 saturated heterocycles. The van der Waals surface area contributed by atoms with Crippen LogP contribution in [-0.2, 0) is 0 Å². The van der Waals surface area contributed by atoms with Gasteiger partial charge in [0.15, 0.2) is 0 Å². The van der Waals surface area contributed by atoms with Crippen LogP contribution in [0.4, 0.5) is 0 Å². The molecule has 0 radical (unpaired) electrons. The van der Waals surface area contributed by atoms with Gasteiger partial charge in [0, 0.05) is 0 Å². The zero-order chi connectivity index (χ0) is 12.5. The van der Waals surface area contributed by atoms with Gasteiger partial charge < -0.3 is 4.74 Å². The van der Waals surface area contributed by atoms with Gasteiger partial charge in [0.1, 0.15) is 5.75 Å². The fraction of sp³-hybridized carbons (Fsp3) is 0.467. The molecule has 0 spiro atoms. The minimum absolute atomic E-state index is 0.348. The van der Waals surface area contributed by atoms with Crippen LogP contribution in [0.3, 0.4) is 0 Å². The quantitative estimate of drug-likeness (QED) is 0.565. The Labute approximate surface area is 109 Å². The van der Waals surface area contributed by atoms with E-state index in [0.717, 1.165) is 30.8 Å². The molecule has 1 aromatic carbocycles. The summed E-state index contributed by atoms with van der Waals surface area (Å²) in [6.45, 7) is 5.14. The van der Waals surface area contributed by atoms with Gasteiger partial charge in [0.2, 0.25) is 0 Å². The molecule has 0 heterocycles. The lowest BCUT2D eigenvalue weighted by Crippen LogP contribution is -2.10. The second kappa shape index (κ2) is 8.03. The van der Waals surface area contributed by atoms with E-state index in [2.05, 4.69) is 25.7 Å². The summed E-state index contributed by atoms with van der Waals surface area (Å²) in [6, 6.07) is 7.85. The van der Waals surface area contributed by atoms with E-state index in [1.54, 1.807) is 0 Å². The van der Waals surface area contributed by atoms with Gasteiger partial charge in [-0.1, -0.05) is 50.7 Å². The highest BCUT2D eigenvalue weighted by Crippen LogP contribution is 2.19. The Balaban J connectivity index is 2.69. The van der Waals surface area contributed by atoms with E-state index in [0.29, 0.717) is 11.8 Å². The maximum atomic E-state index is 5.83. The Kier molecular flexibility index (Phi) is 6.58. The molecule has 92 valence electrons. The van der Waals surface area contributed by atoms with Gasteiger partial charge in [-0.2, -0.15) is 0 Å². The molecule has 17 heavy (non-hydrogen) atoms. The molecule has 0 N–H and O–H groups in total. The molecule has 0 aliphatic heterocycles. The standard InChI is InChI=1S/C15H19ClO/c1-3-13(4-2)12-17-15-10-6-5-8-14(15)9-7-11-16/h5-6,8,10,13H,3-4,11-12H2,1-2H3. The van der Waals surface area contributed by atoms with Crippen molar-refractivity contribution in [2.24, 2.45) is 5.92 Å². The highest BCUT2D eigenvalue weighted by atomic mass is 35.5. The Morgan fingerprint density at radius 1 is 1.24 bits per heavy atom. The number of rotatable bonds is 5. The van der Waals surface area contributed by atoms with Crippen LogP contribution in [-0.4, -0.2) is 12.5 Å². The number of ether oxygens (including phenoxy) is 1. The van der Waals surface area contributed by atoms with Crippen LogP contribution in [0.5, 0.6) is 5.75 Å². The van der Waals surface area contributed by atoms with Gasteiger partial charge in [-0.15, -0.1) is 11.6 Å². The van der Waals surface area contributed by atoms with Gasteiger partial charge in [-0.05, 0) is 18.1 Å². The summed E-state index contributed by atoms with van der Waals surface area (Å²) in [4.78, 5) is 0. The highest BCUT2D eigenvalue weighted by molar-refractivity contribution is 6.19. The number of para-hydroxylation sites is 1. The minimum Gasteiger partial charge on any atom is -0.492 e. The molecule has 1 aromatic rings. The van der Waals surface area contributed by atoms with Gasteiger partial charge in [-0.3, -0.25) is 0 Å². The van der Waals surface area contributed by atoms with Gasteiger partial charge in [0.25, 0.3) is 0 Å². The third-order valence-corrected chi connectivity index (χ3v) is 2.94. The number of hydrogen-bond donors (Lipinski definition) is 0. The molecular formula is C15H19ClO. The first kappa shape index (κ1) is 13.9. The second-order valence-electron chi connectivity index (χ2n) is 3.93. The Bertz CT molecular complexity index is 385. The van der Waals surface area contributed by atoms with E-state index in [1.165, 1.54) is 0 Å². The first-order valence-corrected chi connectivity index (χ1v) is 6.61. The van der Waals surface area contributed by atoms with Crippen molar-refractivity contribution in [1.82, 2.24) is 0 Å². The summed E-state index contributed by atoms with van der Waals surface area (Å²) in [5, 5.41) is 0. The number of alkyl halides is 1. The lowest BCUT2D eigenvalue weighted by molar-refractivity contribution is 0.240. The van der Waals surface area contributed by atoms with Gasteiger partial charge in [0.05, 0.1) is 18.1 Å². The van der Waals surface area contributed by atoms with Gasteiger partial charge in [-0.25, -0.2) is 0 Å². The van der Waals surface area contributed by atoms with Crippen molar-refractivity contribution >= 4 is 11.6 Å². The predicted molar refractivity (Wildman–Crippen MR) is 73.6 cm³/mol. The van der Waals surface area contributed by atoms with Crippen LogP contribution in [0, 0.1) is 17.8 Å². The Morgan fingerprint density at radius 3 is 2.59 bits per heavy atom. The molecule has 0 aliphatic rings. The van der Waals surface area contributed by atoms with E-state index < -0.39 is 0 Å². The van der Waals surface area contributed by atoms with Crippen molar-refractivity contribution in [3.8, 4) is 17.6 Å². The molecule has 0 bridgehead atoms. The van der Waals surface area contributed by atoms with E-state index in [1.807, 2.05) is 24.3 Å². The molecule has 0 fully saturated rings. The lowest BCUT2D eigenvalue weighted by atomic mass is 10.1. The van der Waals surface area contributed by atoms with E-state index in [-0.39, 0.29) is 0 Å². The predicted octanol–water partition coefficient (Wildman–Crippen LogP) is 4.09. The van der Waals surface area contributed by atoms with Crippen molar-refractivity contribution in [2.45, 2.75) is 26.7 Å². The van der Waals surface area contributed by atoms with Crippen LogP contribution >= 0.6 is 11.6 Å². The average Bonchev–Trinajstić information content (AvgIpc) is 2.38. The average molecular weight is 251 g/mol. The maximum absolute atomic E-state index is 5.83. The Morgan fingerprint density at radius 2 is 1.94 bits per heavy atom. The SMILES string of the molecule is CCC(CC)COc1ccccc1C#CCCl. The monoisotopic (exact) mass is 250 g/mol. The van der Waals surface area contributed by atoms with E-state index in [9.17, 15) is 0 Å². The summed E-state index contributed by atoms with van der Waals surface area (Å²) in [7, 11) is 0.